The van der Waals surface area contributed by atoms with Crippen LogP contribution >= 0.6 is 11.6 Å². The van der Waals surface area contributed by atoms with E-state index in [0.717, 1.165) is 22.6 Å². The van der Waals surface area contributed by atoms with Crippen molar-refractivity contribution in [2.45, 2.75) is 6.42 Å². The molecule has 0 aliphatic rings. The van der Waals surface area contributed by atoms with Gasteiger partial charge in [-0.25, -0.2) is 0 Å². The number of halogens is 1. The Labute approximate surface area is 176 Å². The Balaban J connectivity index is 0.000000169. The lowest BCUT2D eigenvalue weighted by molar-refractivity contribution is 1.11. The molecule has 4 rings (SSSR count). The maximum Gasteiger partial charge on any atom is 0.0553 e. The van der Waals surface area contributed by atoms with Crippen LogP contribution in [0.3, 0.4) is 0 Å². The van der Waals surface area contributed by atoms with E-state index in [-0.39, 0.29) is 0 Å². The van der Waals surface area contributed by atoms with E-state index in [0.29, 0.717) is 11.4 Å². The van der Waals surface area contributed by atoms with E-state index in [1.807, 2.05) is 85.1 Å². The molecule has 5 N–H and O–H groups in total. The molecule has 146 valence electrons. The zero-order valence-corrected chi connectivity index (χ0v) is 16.8. The van der Waals surface area contributed by atoms with E-state index in [2.05, 4.69) is 23.2 Å². The van der Waals surface area contributed by atoms with Crippen molar-refractivity contribution >= 4 is 35.1 Å². The minimum atomic E-state index is 0.621. The van der Waals surface area contributed by atoms with Gasteiger partial charge in [-0.1, -0.05) is 72.3 Å². The molecular weight excluding hydrogens is 378 g/mol. The average Bonchev–Trinajstić information content (AvgIpc) is 3.25. The third-order valence-corrected chi connectivity index (χ3v) is 4.60. The Morgan fingerprint density at radius 3 is 2.10 bits per heavy atom. The predicted molar refractivity (Wildman–Crippen MR) is 126 cm³/mol. The summed E-state index contributed by atoms with van der Waals surface area (Å²) in [6.45, 7) is 0. The molecule has 29 heavy (non-hydrogen) atoms. The second-order valence-corrected chi connectivity index (χ2v) is 7.07. The third kappa shape index (κ3) is 6.59. The molecule has 0 unspecified atom stereocenters. The first-order chi connectivity index (χ1) is 14.1. The molecule has 0 aliphatic heterocycles. The van der Waals surface area contributed by atoms with Crippen LogP contribution in [0.4, 0.5) is 11.4 Å². The highest BCUT2D eigenvalue weighted by Crippen LogP contribution is 2.18. The van der Waals surface area contributed by atoms with Crippen LogP contribution in [-0.2, 0) is 6.42 Å². The Hall–Kier alpha value is -3.43. The summed E-state index contributed by atoms with van der Waals surface area (Å²) in [6, 6.07) is 27.8. The molecule has 1 aromatic heterocycles. The van der Waals surface area contributed by atoms with Crippen LogP contribution in [0.1, 0.15) is 22.4 Å². The highest BCUT2D eigenvalue weighted by Gasteiger charge is 1.96. The Morgan fingerprint density at radius 2 is 1.45 bits per heavy atom. The Kier molecular flexibility index (Phi) is 7.15. The van der Waals surface area contributed by atoms with Crippen molar-refractivity contribution in [2.24, 2.45) is 0 Å². The molecule has 0 saturated heterocycles. The van der Waals surface area contributed by atoms with Crippen molar-refractivity contribution in [3.63, 3.8) is 0 Å². The van der Waals surface area contributed by atoms with Crippen molar-refractivity contribution in [2.75, 3.05) is 11.5 Å². The van der Waals surface area contributed by atoms with Crippen molar-refractivity contribution in [1.29, 1.82) is 0 Å². The first-order valence-electron chi connectivity index (χ1n) is 9.35. The second kappa shape index (κ2) is 10.2. The largest absolute Gasteiger partial charge is 0.397 e. The molecule has 0 atom stereocenters. The fraction of sp³-hybridized carbons (Fsp3) is 0.0400. The van der Waals surface area contributed by atoms with Crippen LogP contribution in [0.2, 0.25) is 5.02 Å². The fourth-order valence-electron chi connectivity index (χ4n) is 2.75. The zero-order chi connectivity index (χ0) is 20.5. The molecule has 0 bridgehead atoms. The molecule has 0 saturated carbocycles. The van der Waals surface area contributed by atoms with E-state index >= 15 is 0 Å². The number of H-pyrrole nitrogens is 1. The summed E-state index contributed by atoms with van der Waals surface area (Å²) < 4.78 is 0. The van der Waals surface area contributed by atoms with Gasteiger partial charge in [-0.15, -0.1) is 0 Å². The summed E-state index contributed by atoms with van der Waals surface area (Å²) in [7, 11) is 0. The number of nitrogen functional groups attached to an aromatic ring is 2. The van der Waals surface area contributed by atoms with Gasteiger partial charge in [0.2, 0.25) is 0 Å². The van der Waals surface area contributed by atoms with Crippen LogP contribution in [0, 0.1) is 0 Å². The molecule has 0 amide bonds. The van der Waals surface area contributed by atoms with Crippen LogP contribution in [0.25, 0.3) is 12.2 Å². The SMILES string of the molecule is Clc1ccc(Cc2ccc[nH]2)cc1.Nc1ccc(C=Cc2ccccc2)cc1N. The third-order valence-electron chi connectivity index (χ3n) is 4.35. The summed E-state index contributed by atoms with van der Waals surface area (Å²) in [5.41, 5.74) is 17.3. The molecule has 0 aliphatic carbocycles. The van der Waals surface area contributed by atoms with Gasteiger partial charge in [0.25, 0.3) is 0 Å². The van der Waals surface area contributed by atoms with E-state index in [1.54, 1.807) is 0 Å². The number of anilines is 2. The number of rotatable bonds is 4. The van der Waals surface area contributed by atoms with Gasteiger partial charge in [0, 0.05) is 23.3 Å². The van der Waals surface area contributed by atoms with Gasteiger partial charge < -0.3 is 16.5 Å². The predicted octanol–water partition coefficient (Wildman–Crippen LogP) is 6.28. The van der Waals surface area contributed by atoms with Crippen molar-refractivity contribution in [1.82, 2.24) is 4.98 Å². The van der Waals surface area contributed by atoms with E-state index in [9.17, 15) is 0 Å². The molecule has 1 heterocycles. The van der Waals surface area contributed by atoms with E-state index < -0.39 is 0 Å². The monoisotopic (exact) mass is 401 g/mol. The fourth-order valence-corrected chi connectivity index (χ4v) is 2.88. The van der Waals surface area contributed by atoms with Crippen LogP contribution in [-0.4, -0.2) is 4.98 Å². The second-order valence-electron chi connectivity index (χ2n) is 6.63. The molecule has 0 fully saturated rings. The lowest BCUT2D eigenvalue weighted by atomic mass is 10.1. The summed E-state index contributed by atoms with van der Waals surface area (Å²) >= 11 is 5.79. The molecule has 4 heteroatoms. The Bertz CT molecular complexity index is 1040. The van der Waals surface area contributed by atoms with Crippen molar-refractivity contribution in [3.8, 4) is 0 Å². The van der Waals surface area contributed by atoms with E-state index in [4.69, 9.17) is 23.1 Å². The van der Waals surface area contributed by atoms with Crippen LogP contribution in [0.5, 0.6) is 0 Å². The number of aromatic amines is 1. The van der Waals surface area contributed by atoms with Crippen LogP contribution < -0.4 is 11.5 Å². The lowest BCUT2D eigenvalue weighted by Gasteiger charge is -2.00. The average molecular weight is 402 g/mol. The van der Waals surface area contributed by atoms with Crippen LogP contribution in [0.15, 0.2) is 91.1 Å². The topological polar surface area (TPSA) is 67.8 Å². The maximum absolute atomic E-state index is 5.79. The van der Waals surface area contributed by atoms with Crippen molar-refractivity contribution < 1.29 is 0 Å². The van der Waals surface area contributed by atoms with Gasteiger partial charge in [0.05, 0.1) is 11.4 Å². The molecule has 3 nitrogen and oxygen atoms in total. The number of aromatic nitrogens is 1. The normalized spacial score (nSPS) is 10.5. The van der Waals surface area contributed by atoms with Gasteiger partial charge in [-0.05, 0) is 53.1 Å². The molecule has 3 aromatic carbocycles. The maximum atomic E-state index is 5.79. The molecule has 0 radical (unpaired) electrons. The van der Waals surface area contributed by atoms with Gasteiger partial charge in [0.15, 0.2) is 0 Å². The lowest BCUT2D eigenvalue weighted by Crippen LogP contribution is -1.93. The number of hydrogen-bond acceptors (Lipinski definition) is 2. The standard InChI is InChI=1S/C14H14N2.C11H10ClN/c15-13-9-8-12(10-14(13)16)7-6-11-4-2-1-3-5-11;12-10-5-3-9(4-6-10)8-11-2-1-7-13-11/h1-10H,15-16H2;1-7,13H,8H2. The Morgan fingerprint density at radius 1 is 0.724 bits per heavy atom. The summed E-state index contributed by atoms with van der Waals surface area (Å²) in [5, 5.41) is 0.787. The summed E-state index contributed by atoms with van der Waals surface area (Å²) in [6.07, 6.45) is 6.94. The van der Waals surface area contributed by atoms with Gasteiger partial charge in [0.1, 0.15) is 0 Å². The summed E-state index contributed by atoms with van der Waals surface area (Å²) in [4.78, 5) is 3.17. The molecular formula is C25H24ClN3. The zero-order valence-electron chi connectivity index (χ0n) is 16.1. The number of benzene rings is 3. The number of nitrogens with two attached hydrogens (primary N) is 2. The van der Waals surface area contributed by atoms with Crippen molar-refractivity contribution in [3.05, 3.63) is 119 Å². The number of nitrogens with one attached hydrogen (secondary N) is 1. The van der Waals surface area contributed by atoms with E-state index in [1.165, 1.54) is 11.3 Å². The minimum Gasteiger partial charge on any atom is -0.397 e. The smallest absolute Gasteiger partial charge is 0.0553 e. The molecule has 4 aromatic rings. The van der Waals surface area contributed by atoms with Gasteiger partial charge in [-0.2, -0.15) is 0 Å². The number of hydrogen-bond donors (Lipinski definition) is 3. The highest BCUT2D eigenvalue weighted by molar-refractivity contribution is 6.30. The first-order valence-corrected chi connectivity index (χ1v) is 9.73. The van der Waals surface area contributed by atoms with Gasteiger partial charge >= 0.3 is 0 Å². The summed E-state index contributed by atoms with van der Waals surface area (Å²) in [5.74, 6) is 0. The quantitative estimate of drug-likeness (QED) is 0.278. The first kappa shape index (κ1) is 20.3. The highest BCUT2D eigenvalue weighted by atomic mass is 35.5. The molecule has 0 spiro atoms. The van der Waals surface area contributed by atoms with Gasteiger partial charge in [-0.3, -0.25) is 0 Å². The minimum absolute atomic E-state index is 0.621.